The van der Waals surface area contributed by atoms with E-state index in [0.29, 0.717) is 34.1 Å². The van der Waals surface area contributed by atoms with Gasteiger partial charge in [0.05, 0.1) is 12.2 Å². The summed E-state index contributed by atoms with van der Waals surface area (Å²) in [6.45, 7) is 4.28. The van der Waals surface area contributed by atoms with Gasteiger partial charge >= 0.3 is 5.97 Å². The zero-order chi connectivity index (χ0) is 20.4. The van der Waals surface area contributed by atoms with Gasteiger partial charge in [0.1, 0.15) is 22.1 Å². The van der Waals surface area contributed by atoms with Gasteiger partial charge in [0.25, 0.3) is 0 Å². The van der Waals surface area contributed by atoms with Crippen LogP contribution in [-0.4, -0.2) is 18.4 Å². The molecule has 0 bridgehead atoms. The van der Waals surface area contributed by atoms with E-state index >= 15 is 0 Å². The van der Waals surface area contributed by atoms with Crippen molar-refractivity contribution in [2.24, 2.45) is 0 Å². The van der Waals surface area contributed by atoms with E-state index in [1.807, 2.05) is 36.6 Å². The number of benzene rings is 2. The van der Waals surface area contributed by atoms with E-state index in [4.69, 9.17) is 14.2 Å². The Kier molecular flexibility index (Phi) is 5.18. The molecule has 2 heterocycles. The normalized spacial score (nSPS) is 13.9. The second-order valence-corrected chi connectivity index (χ2v) is 7.32. The highest BCUT2D eigenvalue weighted by Crippen LogP contribution is 2.39. The second kappa shape index (κ2) is 7.93. The number of hydrogen-bond donors (Lipinski definition) is 0. The Bertz CT molecular complexity index is 1100. The monoisotopic (exact) mass is 406 g/mol. The minimum absolute atomic E-state index is 0.201. The van der Waals surface area contributed by atoms with Crippen LogP contribution in [0.2, 0.25) is 0 Å². The molecule has 5 nitrogen and oxygen atoms in total. The molecule has 0 spiro atoms. The molecule has 3 aromatic rings. The maximum atomic E-state index is 12.7. The lowest BCUT2D eigenvalue weighted by molar-refractivity contribution is 0.0738. The maximum Gasteiger partial charge on any atom is 0.353 e. The number of allylic oxidation sites excluding steroid dienone is 1. The van der Waals surface area contributed by atoms with E-state index in [-0.39, 0.29) is 11.5 Å². The quantitative estimate of drug-likeness (QED) is 0.327. The number of carbonyl (C=O) groups excluding carboxylic acids is 2. The molecule has 0 fully saturated rings. The van der Waals surface area contributed by atoms with Crippen LogP contribution in [-0.2, 0) is 0 Å². The van der Waals surface area contributed by atoms with Gasteiger partial charge in [-0.15, -0.1) is 11.3 Å². The fraction of sp³-hybridized carbons (Fsp3) is 0.130. The molecule has 0 unspecified atom stereocenters. The number of esters is 1. The zero-order valence-electron chi connectivity index (χ0n) is 15.9. The Balaban J connectivity index is 1.57. The Hall–Kier alpha value is -3.38. The smallest absolute Gasteiger partial charge is 0.353 e. The van der Waals surface area contributed by atoms with Crippen LogP contribution in [0, 0.1) is 6.92 Å². The molecule has 4 rings (SSSR count). The fourth-order valence-electron chi connectivity index (χ4n) is 3.00. The molecule has 0 aliphatic carbocycles. The van der Waals surface area contributed by atoms with Crippen LogP contribution in [0.4, 0.5) is 0 Å². The summed E-state index contributed by atoms with van der Waals surface area (Å²) in [7, 11) is 0. The van der Waals surface area contributed by atoms with Crippen molar-refractivity contribution in [2.45, 2.75) is 13.8 Å². The Morgan fingerprint density at radius 1 is 1.14 bits per heavy atom. The molecule has 29 heavy (non-hydrogen) atoms. The number of fused-ring (bicyclic) bond motifs is 1. The Labute approximate surface area is 172 Å². The average molecular weight is 406 g/mol. The number of carbonyl (C=O) groups is 2. The van der Waals surface area contributed by atoms with Gasteiger partial charge in [-0.05, 0) is 61.2 Å². The van der Waals surface area contributed by atoms with Crippen molar-refractivity contribution in [3.63, 3.8) is 0 Å². The summed E-state index contributed by atoms with van der Waals surface area (Å²) in [5.41, 5.74) is 1.89. The molecule has 146 valence electrons. The summed E-state index contributed by atoms with van der Waals surface area (Å²) in [6.07, 6.45) is 1.69. The molecule has 0 amide bonds. The van der Waals surface area contributed by atoms with Gasteiger partial charge in [-0.1, -0.05) is 18.2 Å². The highest BCUT2D eigenvalue weighted by Gasteiger charge is 2.30. The third-order valence-corrected chi connectivity index (χ3v) is 5.30. The van der Waals surface area contributed by atoms with Crippen LogP contribution in [0.5, 0.6) is 17.2 Å². The summed E-state index contributed by atoms with van der Waals surface area (Å²) in [5, 5.41) is 1.81. The fourth-order valence-corrected chi connectivity index (χ4v) is 3.60. The average Bonchev–Trinajstić information content (AvgIpc) is 3.36. The summed E-state index contributed by atoms with van der Waals surface area (Å²) >= 11 is 1.31. The van der Waals surface area contributed by atoms with Crippen molar-refractivity contribution in [1.29, 1.82) is 0 Å². The SMILES string of the molecule is CCOc1ccc(/C=C2\Oc3c(ccc(OC(=O)c4cccs4)c3C)C2=O)cc1. The van der Waals surface area contributed by atoms with Crippen LogP contribution in [0.25, 0.3) is 6.08 Å². The number of Topliss-reactive ketones (excluding diaryl/α,β-unsaturated/α-hetero) is 1. The summed E-state index contributed by atoms with van der Waals surface area (Å²) in [4.78, 5) is 25.5. The maximum absolute atomic E-state index is 12.7. The third kappa shape index (κ3) is 3.79. The van der Waals surface area contributed by atoms with E-state index in [2.05, 4.69) is 0 Å². The first-order valence-corrected chi connectivity index (χ1v) is 10.0. The van der Waals surface area contributed by atoms with E-state index < -0.39 is 5.97 Å². The van der Waals surface area contributed by atoms with Crippen molar-refractivity contribution in [3.8, 4) is 17.2 Å². The lowest BCUT2D eigenvalue weighted by atomic mass is 10.1. The van der Waals surface area contributed by atoms with Crippen molar-refractivity contribution in [1.82, 2.24) is 0 Å². The summed E-state index contributed by atoms with van der Waals surface area (Å²) in [6, 6.07) is 14.1. The number of ether oxygens (including phenoxy) is 3. The summed E-state index contributed by atoms with van der Waals surface area (Å²) in [5.74, 6) is 1.16. The van der Waals surface area contributed by atoms with Crippen molar-refractivity contribution >= 4 is 29.2 Å². The lowest BCUT2D eigenvalue weighted by Gasteiger charge is -2.09. The van der Waals surface area contributed by atoms with Crippen LogP contribution in [0.15, 0.2) is 59.7 Å². The van der Waals surface area contributed by atoms with Gasteiger partial charge in [-0.25, -0.2) is 4.79 Å². The molecule has 0 atom stereocenters. The van der Waals surface area contributed by atoms with Crippen molar-refractivity contribution in [2.75, 3.05) is 6.61 Å². The van der Waals surface area contributed by atoms with Gasteiger partial charge < -0.3 is 14.2 Å². The van der Waals surface area contributed by atoms with E-state index in [9.17, 15) is 9.59 Å². The molecule has 0 saturated carbocycles. The molecule has 0 saturated heterocycles. The second-order valence-electron chi connectivity index (χ2n) is 6.37. The molecule has 1 aliphatic rings. The Morgan fingerprint density at radius 2 is 1.93 bits per heavy atom. The third-order valence-electron chi connectivity index (χ3n) is 4.45. The molecule has 2 aromatic carbocycles. The van der Waals surface area contributed by atoms with E-state index in [1.165, 1.54) is 11.3 Å². The minimum atomic E-state index is -0.433. The molecule has 0 N–H and O–H groups in total. The molecule has 0 radical (unpaired) electrons. The number of ketones is 1. The van der Waals surface area contributed by atoms with Gasteiger partial charge in [-0.2, -0.15) is 0 Å². The molecular formula is C23H18O5S. The van der Waals surface area contributed by atoms with Crippen LogP contribution in [0.1, 0.15) is 38.1 Å². The van der Waals surface area contributed by atoms with Crippen LogP contribution in [0.3, 0.4) is 0 Å². The van der Waals surface area contributed by atoms with Crippen molar-refractivity contribution in [3.05, 3.63) is 81.2 Å². The predicted octanol–water partition coefficient (Wildman–Crippen LogP) is 5.29. The summed E-state index contributed by atoms with van der Waals surface area (Å²) < 4.78 is 16.8. The number of hydrogen-bond acceptors (Lipinski definition) is 6. The topological polar surface area (TPSA) is 61.8 Å². The van der Waals surface area contributed by atoms with Crippen LogP contribution < -0.4 is 14.2 Å². The first kappa shape index (κ1) is 19.0. The minimum Gasteiger partial charge on any atom is -0.494 e. The highest BCUT2D eigenvalue weighted by atomic mass is 32.1. The molecule has 6 heteroatoms. The predicted molar refractivity (Wildman–Crippen MR) is 111 cm³/mol. The van der Waals surface area contributed by atoms with Gasteiger partial charge in [0, 0.05) is 5.56 Å². The van der Waals surface area contributed by atoms with Gasteiger partial charge in [0.2, 0.25) is 5.78 Å². The first-order valence-electron chi connectivity index (χ1n) is 9.13. The molecule has 1 aromatic heterocycles. The molecular weight excluding hydrogens is 388 g/mol. The Morgan fingerprint density at radius 3 is 2.62 bits per heavy atom. The number of thiophene rings is 1. The van der Waals surface area contributed by atoms with Gasteiger partial charge in [-0.3, -0.25) is 4.79 Å². The number of rotatable bonds is 5. The van der Waals surface area contributed by atoms with E-state index in [0.717, 1.165) is 11.3 Å². The largest absolute Gasteiger partial charge is 0.494 e. The highest BCUT2D eigenvalue weighted by molar-refractivity contribution is 7.12. The van der Waals surface area contributed by atoms with E-state index in [1.54, 1.807) is 37.3 Å². The van der Waals surface area contributed by atoms with Crippen LogP contribution >= 0.6 is 11.3 Å². The zero-order valence-corrected chi connectivity index (χ0v) is 16.7. The molecule has 1 aliphatic heterocycles. The standard InChI is InChI=1S/C23H18O5S/c1-3-26-16-8-6-15(7-9-16)13-19-21(24)17-10-11-18(14(2)22(17)27-19)28-23(25)20-5-4-12-29-20/h4-13H,3H2,1-2H3/b19-13-. The van der Waals surface area contributed by atoms with Gasteiger partial charge in [0.15, 0.2) is 5.76 Å². The lowest BCUT2D eigenvalue weighted by Crippen LogP contribution is -2.07. The first-order chi connectivity index (χ1) is 14.1. The van der Waals surface area contributed by atoms with Crippen molar-refractivity contribution < 1.29 is 23.8 Å².